The maximum Gasteiger partial charge on any atom is 0.289 e. The molecular weight excluding hydrogens is 741 g/mol. The van der Waals surface area contributed by atoms with Crippen molar-refractivity contribution in [1.29, 1.82) is 0 Å². The Kier molecular flexibility index (Phi) is 13.4. The first-order valence-corrected chi connectivity index (χ1v) is 19.4. The molecule has 0 radical (unpaired) electrons. The van der Waals surface area contributed by atoms with Gasteiger partial charge in [0.25, 0.3) is 11.8 Å². The monoisotopic (exact) mass is 791 g/mol. The molecule has 0 spiro atoms. The van der Waals surface area contributed by atoms with E-state index < -0.39 is 53.6 Å². The first kappa shape index (κ1) is 37.1. The molecule has 3 aliphatic carbocycles. The minimum atomic E-state index is -0.986. The zero-order chi connectivity index (χ0) is 34.9. The molecule has 14 heteroatoms. The Hall–Kier alpha value is -3.17. The van der Waals surface area contributed by atoms with E-state index in [4.69, 9.17) is 0 Å². The number of rotatable bonds is 14. The van der Waals surface area contributed by atoms with Gasteiger partial charge in [0.1, 0.15) is 23.8 Å². The highest BCUT2D eigenvalue weighted by Crippen LogP contribution is 2.32. The number of aromatic nitrogens is 2. The standard InChI is InChI=1S/C35H50IN7O6/c1-2-9-25(30(44)34(48)39-23-14-15-23)40-33(47)29-24(36)16-19-43(29)35(49)28(22-12-7-4-8-13-22)42-32(46)27(21-10-5-3-6-11-21)41-31(45)26-20-37-17-18-38-26/h17-18,20-25,27-29H,2-16,19H2,1H3,(H,39,48)(H,40,47)(H,41,45)(H,42,46)/t24-,25?,27-,28-,29-/m0/s1. The normalized spacial score (nSPS) is 23.5. The van der Waals surface area contributed by atoms with Crippen molar-refractivity contribution < 1.29 is 28.8 Å². The Bertz CT molecular complexity index is 1350. The zero-order valence-corrected chi connectivity index (χ0v) is 30.5. The Balaban J connectivity index is 1.34. The first-order valence-electron chi connectivity index (χ1n) is 18.1. The van der Waals surface area contributed by atoms with E-state index in [0.717, 1.165) is 77.0 Å². The highest BCUT2D eigenvalue weighted by molar-refractivity contribution is 14.1. The van der Waals surface area contributed by atoms with Gasteiger partial charge in [0.15, 0.2) is 0 Å². The minimum absolute atomic E-state index is 0.0149. The molecule has 49 heavy (non-hydrogen) atoms. The summed E-state index contributed by atoms with van der Waals surface area (Å²) < 4.78 is -0.219. The van der Waals surface area contributed by atoms with E-state index in [0.29, 0.717) is 25.8 Å². The lowest BCUT2D eigenvalue weighted by Gasteiger charge is -2.37. The van der Waals surface area contributed by atoms with Gasteiger partial charge in [-0.2, -0.15) is 0 Å². The van der Waals surface area contributed by atoms with Crippen LogP contribution >= 0.6 is 22.6 Å². The van der Waals surface area contributed by atoms with Gasteiger partial charge in [-0.15, -0.1) is 0 Å². The number of alkyl halides is 1. The van der Waals surface area contributed by atoms with Crippen LogP contribution in [0, 0.1) is 11.8 Å². The second-order valence-corrected chi connectivity index (χ2v) is 15.7. The number of Topliss-reactive ketones (excluding diaryl/α,β-unsaturated/α-hetero) is 1. The molecule has 5 rings (SSSR count). The van der Waals surface area contributed by atoms with E-state index in [1.165, 1.54) is 18.6 Å². The predicted molar refractivity (Wildman–Crippen MR) is 189 cm³/mol. The number of ketones is 1. The molecule has 5 amide bonds. The molecule has 1 unspecified atom stereocenters. The maximum absolute atomic E-state index is 14.6. The lowest BCUT2D eigenvalue weighted by atomic mass is 9.81. The SMILES string of the molecule is CCCC(NC(=O)[C@@H]1[C@@H](I)CCN1C(=O)[C@@H](NC(=O)[C@@H](NC(=O)c1cnccn1)C1CCCCC1)C1CCCCC1)C(=O)C(=O)NC1CC1. The van der Waals surface area contributed by atoms with Crippen LogP contribution in [0.15, 0.2) is 18.6 Å². The fourth-order valence-corrected chi connectivity index (χ4v) is 8.52. The van der Waals surface area contributed by atoms with Crippen LogP contribution in [-0.4, -0.2) is 90.9 Å². The Morgan fingerprint density at radius 3 is 2.08 bits per heavy atom. The number of halogens is 1. The fraction of sp³-hybridized carbons (Fsp3) is 0.714. The van der Waals surface area contributed by atoms with Crippen molar-refractivity contribution in [3.8, 4) is 0 Å². The molecule has 1 saturated heterocycles. The van der Waals surface area contributed by atoms with E-state index in [1.54, 1.807) is 4.90 Å². The minimum Gasteiger partial charge on any atom is -0.347 e. The molecule has 4 fully saturated rings. The van der Waals surface area contributed by atoms with Crippen LogP contribution in [0.4, 0.5) is 0 Å². The van der Waals surface area contributed by atoms with Crippen molar-refractivity contribution in [1.82, 2.24) is 36.1 Å². The number of likely N-dealkylation sites (tertiary alicyclic amines) is 1. The van der Waals surface area contributed by atoms with E-state index in [9.17, 15) is 28.8 Å². The third kappa shape index (κ3) is 9.75. The van der Waals surface area contributed by atoms with Gasteiger partial charge in [-0.05, 0) is 63.2 Å². The van der Waals surface area contributed by atoms with Crippen LogP contribution in [0.5, 0.6) is 0 Å². The van der Waals surface area contributed by atoms with Crippen LogP contribution in [0.2, 0.25) is 0 Å². The summed E-state index contributed by atoms with van der Waals surface area (Å²) >= 11 is 2.18. The molecule has 4 aliphatic rings. The molecule has 0 bridgehead atoms. The molecule has 1 aliphatic heterocycles. The Morgan fingerprint density at radius 2 is 1.49 bits per heavy atom. The smallest absolute Gasteiger partial charge is 0.289 e. The summed E-state index contributed by atoms with van der Waals surface area (Å²) in [7, 11) is 0. The van der Waals surface area contributed by atoms with Gasteiger partial charge in [0.2, 0.25) is 23.5 Å². The highest BCUT2D eigenvalue weighted by atomic mass is 127. The Labute approximate surface area is 301 Å². The second-order valence-electron chi connectivity index (χ2n) is 14.1. The zero-order valence-electron chi connectivity index (χ0n) is 28.3. The molecule has 0 aromatic carbocycles. The number of amides is 5. The molecular formula is C35H50IN7O6. The predicted octanol–water partition coefficient (Wildman–Crippen LogP) is 2.76. The van der Waals surface area contributed by atoms with E-state index in [-0.39, 0.29) is 33.4 Å². The first-order chi connectivity index (χ1) is 23.7. The maximum atomic E-state index is 14.6. The molecule has 1 aromatic rings. The number of carbonyl (C=O) groups is 6. The Morgan fingerprint density at radius 1 is 0.837 bits per heavy atom. The van der Waals surface area contributed by atoms with Gasteiger partial charge in [0.05, 0.1) is 12.2 Å². The van der Waals surface area contributed by atoms with Crippen molar-refractivity contribution in [2.45, 2.75) is 137 Å². The summed E-state index contributed by atoms with van der Waals surface area (Å²) in [6.45, 7) is 2.21. The molecule has 5 atom stereocenters. The lowest BCUT2D eigenvalue weighted by Crippen LogP contribution is -2.61. The quantitative estimate of drug-likeness (QED) is 0.126. The molecule has 268 valence electrons. The van der Waals surface area contributed by atoms with Crippen molar-refractivity contribution >= 4 is 57.9 Å². The van der Waals surface area contributed by atoms with Crippen molar-refractivity contribution in [3.05, 3.63) is 24.3 Å². The van der Waals surface area contributed by atoms with Gasteiger partial charge >= 0.3 is 0 Å². The van der Waals surface area contributed by atoms with Crippen molar-refractivity contribution in [3.63, 3.8) is 0 Å². The van der Waals surface area contributed by atoms with Crippen molar-refractivity contribution in [2.75, 3.05) is 6.54 Å². The van der Waals surface area contributed by atoms with Crippen LogP contribution in [0.25, 0.3) is 0 Å². The number of hydrogen-bond donors (Lipinski definition) is 4. The summed E-state index contributed by atoms with van der Waals surface area (Å²) in [5, 5.41) is 11.5. The van der Waals surface area contributed by atoms with Gasteiger partial charge in [0, 0.05) is 28.9 Å². The fourth-order valence-electron chi connectivity index (χ4n) is 7.53. The molecule has 13 nitrogen and oxygen atoms in total. The van der Waals surface area contributed by atoms with E-state index in [1.807, 2.05) is 6.92 Å². The third-order valence-electron chi connectivity index (χ3n) is 10.4. The van der Waals surface area contributed by atoms with Gasteiger partial charge in [-0.25, -0.2) is 4.98 Å². The van der Waals surface area contributed by atoms with Crippen LogP contribution in [0.1, 0.15) is 114 Å². The molecule has 1 aromatic heterocycles. The average molecular weight is 792 g/mol. The summed E-state index contributed by atoms with van der Waals surface area (Å²) in [5.74, 6) is -3.28. The molecule has 3 saturated carbocycles. The second kappa shape index (κ2) is 17.7. The van der Waals surface area contributed by atoms with Crippen LogP contribution in [-0.2, 0) is 24.0 Å². The number of carbonyl (C=O) groups excluding carboxylic acids is 6. The molecule has 4 N–H and O–H groups in total. The van der Waals surface area contributed by atoms with Gasteiger partial charge in [-0.3, -0.25) is 33.8 Å². The van der Waals surface area contributed by atoms with Crippen LogP contribution in [0.3, 0.4) is 0 Å². The lowest BCUT2D eigenvalue weighted by molar-refractivity contribution is -0.144. The van der Waals surface area contributed by atoms with E-state index in [2.05, 4.69) is 53.8 Å². The number of nitrogens with zero attached hydrogens (tertiary/aromatic N) is 3. The van der Waals surface area contributed by atoms with Gasteiger partial charge in [-0.1, -0.05) is 74.5 Å². The summed E-state index contributed by atoms with van der Waals surface area (Å²) in [5.41, 5.74) is 0.111. The average Bonchev–Trinajstić information content (AvgIpc) is 3.86. The topological polar surface area (TPSA) is 180 Å². The van der Waals surface area contributed by atoms with Crippen LogP contribution < -0.4 is 21.3 Å². The van der Waals surface area contributed by atoms with Gasteiger partial charge < -0.3 is 26.2 Å². The molecule has 2 heterocycles. The summed E-state index contributed by atoms with van der Waals surface area (Å²) in [6, 6.07) is -3.56. The highest BCUT2D eigenvalue weighted by Gasteiger charge is 2.46. The summed E-state index contributed by atoms with van der Waals surface area (Å²) in [4.78, 5) is 91.1. The largest absolute Gasteiger partial charge is 0.347 e. The van der Waals surface area contributed by atoms with E-state index >= 15 is 0 Å². The number of nitrogens with one attached hydrogen (secondary N) is 4. The number of hydrogen-bond acceptors (Lipinski definition) is 8. The summed E-state index contributed by atoms with van der Waals surface area (Å²) in [6.07, 6.45) is 16.4. The third-order valence-corrected chi connectivity index (χ3v) is 11.7. The van der Waals surface area contributed by atoms with Crippen molar-refractivity contribution in [2.24, 2.45) is 11.8 Å².